The van der Waals surface area contributed by atoms with Gasteiger partial charge in [-0.3, -0.25) is 4.79 Å². The van der Waals surface area contributed by atoms with Gasteiger partial charge in [-0.25, -0.2) is 0 Å². The summed E-state index contributed by atoms with van der Waals surface area (Å²) in [4.78, 5) is 14.3. The lowest BCUT2D eigenvalue weighted by atomic mass is 10.1. The second-order valence-corrected chi connectivity index (χ2v) is 6.40. The van der Waals surface area contributed by atoms with Crippen molar-refractivity contribution in [1.29, 1.82) is 0 Å². The van der Waals surface area contributed by atoms with E-state index in [2.05, 4.69) is 22.3 Å². The molecule has 0 aliphatic carbocycles. The zero-order chi connectivity index (χ0) is 18.1. The second-order valence-electron chi connectivity index (χ2n) is 6.40. The molecule has 1 N–H and O–H groups in total. The van der Waals surface area contributed by atoms with Crippen LogP contribution in [0.15, 0.2) is 54.6 Å². The summed E-state index contributed by atoms with van der Waals surface area (Å²) in [5, 5.41) is 3.07. The minimum Gasteiger partial charge on any atom is -0.497 e. The fraction of sp³-hybridized carbons (Fsp3) is 0.381. The van der Waals surface area contributed by atoms with Crippen molar-refractivity contribution in [3.63, 3.8) is 0 Å². The minimum absolute atomic E-state index is 0.108. The summed E-state index contributed by atoms with van der Waals surface area (Å²) < 4.78 is 5.21. The molecule has 134 valence electrons. The van der Waals surface area contributed by atoms with E-state index in [1.54, 1.807) is 7.11 Å². The highest BCUT2D eigenvalue weighted by Crippen LogP contribution is 2.20. The number of nitrogens with one attached hydrogen (secondary N) is 1. The van der Waals surface area contributed by atoms with Crippen LogP contribution < -0.4 is 10.1 Å². The van der Waals surface area contributed by atoms with E-state index >= 15 is 0 Å². The molecule has 4 heteroatoms. The van der Waals surface area contributed by atoms with Crippen molar-refractivity contribution in [2.45, 2.75) is 25.3 Å². The fourth-order valence-corrected chi connectivity index (χ4v) is 2.82. The summed E-state index contributed by atoms with van der Waals surface area (Å²) in [6.45, 7) is 0.601. The molecule has 1 amide bonds. The number of rotatable bonds is 9. The average molecular weight is 340 g/mol. The van der Waals surface area contributed by atoms with Crippen molar-refractivity contribution in [3.05, 3.63) is 65.7 Å². The Morgan fingerprint density at radius 3 is 2.36 bits per heavy atom. The van der Waals surface area contributed by atoms with Crippen LogP contribution in [0.25, 0.3) is 0 Å². The summed E-state index contributed by atoms with van der Waals surface area (Å²) in [5.74, 6) is 0.947. The maximum Gasteiger partial charge on any atom is 0.220 e. The number of aryl methyl sites for hydroxylation is 1. The number of amides is 1. The van der Waals surface area contributed by atoms with Gasteiger partial charge >= 0.3 is 0 Å². The van der Waals surface area contributed by atoms with Crippen LogP contribution in [-0.4, -0.2) is 38.6 Å². The lowest BCUT2D eigenvalue weighted by molar-refractivity contribution is -0.121. The second kappa shape index (κ2) is 9.84. The first kappa shape index (κ1) is 19.0. The highest BCUT2D eigenvalue weighted by Gasteiger charge is 2.15. The van der Waals surface area contributed by atoms with Gasteiger partial charge in [-0.2, -0.15) is 0 Å². The summed E-state index contributed by atoms with van der Waals surface area (Å²) in [5.41, 5.74) is 2.44. The standard InChI is InChI=1S/C21H28N2O2/c1-23(2)20(18-12-14-19(25-3)15-13-18)16-22-21(24)11-7-10-17-8-5-4-6-9-17/h4-6,8-9,12-15,20H,7,10-11,16H2,1-3H3,(H,22,24). The topological polar surface area (TPSA) is 41.6 Å². The van der Waals surface area contributed by atoms with Gasteiger partial charge in [-0.15, -0.1) is 0 Å². The number of ether oxygens (including phenoxy) is 1. The van der Waals surface area contributed by atoms with Gasteiger partial charge in [0.2, 0.25) is 5.91 Å². The Balaban J connectivity index is 1.80. The molecule has 0 spiro atoms. The van der Waals surface area contributed by atoms with Gasteiger partial charge in [0.15, 0.2) is 0 Å². The molecule has 0 radical (unpaired) electrons. The van der Waals surface area contributed by atoms with Gasteiger partial charge < -0.3 is 15.0 Å². The Labute approximate surface area is 150 Å². The maximum absolute atomic E-state index is 12.1. The third-order valence-electron chi connectivity index (χ3n) is 4.33. The summed E-state index contributed by atoms with van der Waals surface area (Å²) in [7, 11) is 5.71. The summed E-state index contributed by atoms with van der Waals surface area (Å²) in [6, 6.07) is 18.4. The first-order valence-corrected chi connectivity index (χ1v) is 8.71. The summed E-state index contributed by atoms with van der Waals surface area (Å²) >= 11 is 0. The fourth-order valence-electron chi connectivity index (χ4n) is 2.82. The predicted octanol–water partition coefficient (Wildman–Crippen LogP) is 3.44. The molecule has 1 atom stereocenters. The van der Waals surface area contributed by atoms with Crippen LogP contribution in [-0.2, 0) is 11.2 Å². The molecule has 0 bridgehead atoms. The first-order valence-electron chi connectivity index (χ1n) is 8.71. The van der Waals surface area contributed by atoms with E-state index in [-0.39, 0.29) is 11.9 Å². The third-order valence-corrected chi connectivity index (χ3v) is 4.33. The molecule has 2 rings (SSSR count). The molecule has 0 aromatic heterocycles. The molecule has 2 aromatic rings. The minimum atomic E-state index is 0.108. The molecule has 2 aromatic carbocycles. The van der Waals surface area contributed by atoms with Crippen LogP contribution in [0.3, 0.4) is 0 Å². The van der Waals surface area contributed by atoms with Gasteiger partial charge in [0.05, 0.1) is 13.2 Å². The van der Waals surface area contributed by atoms with Crippen molar-refractivity contribution in [3.8, 4) is 5.75 Å². The number of nitrogens with zero attached hydrogens (tertiary/aromatic N) is 1. The van der Waals surface area contributed by atoms with Crippen LogP contribution in [0.5, 0.6) is 5.75 Å². The molecule has 0 aliphatic heterocycles. The predicted molar refractivity (Wildman–Crippen MR) is 102 cm³/mol. The van der Waals surface area contributed by atoms with Gasteiger partial charge in [0.25, 0.3) is 0 Å². The third kappa shape index (κ3) is 6.24. The Morgan fingerprint density at radius 1 is 1.08 bits per heavy atom. The van der Waals surface area contributed by atoms with Crippen LogP contribution in [0.4, 0.5) is 0 Å². The van der Waals surface area contributed by atoms with Gasteiger partial charge in [0, 0.05) is 13.0 Å². The van der Waals surface area contributed by atoms with E-state index in [0.29, 0.717) is 13.0 Å². The van der Waals surface area contributed by atoms with Crippen molar-refractivity contribution in [1.82, 2.24) is 10.2 Å². The Bertz CT molecular complexity index is 639. The molecule has 0 saturated carbocycles. The van der Waals surface area contributed by atoms with E-state index < -0.39 is 0 Å². The molecular formula is C21H28N2O2. The molecule has 25 heavy (non-hydrogen) atoms. The summed E-state index contributed by atoms with van der Waals surface area (Å²) in [6.07, 6.45) is 2.35. The number of hydrogen-bond acceptors (Lipinski definition) is 3. The van der Waals surface area contributed by atoms with Crippen molar-refractivity contribution in [2.75, 3.05) is 27.7 Å². The molecule has 0 heterocycles. The van der Waals surface area contributed by atoms with E-state index in [4.69, 9.17) is 4.74 Å². The Hall–Kier alpha value is -2.33. The Kier molecular flexibility index (Phi) is 7.48. The Morgan fingerprint density at radius 2 is 1.76 bits per heavy atom. The van der Waals surface area contributed by atoms with Crippen LogP contribution in [0.2, 0.25) is 0 Å². The molecule has 0 saturated heterocycles. The number of benzene rings is 2. The first-order chi connectivity index (χ1) is 12.1. The van der Waals surface area contributed by atoms with Crippen molar-refractivity contribution >= 4 is 5.91 Å². The van der Waals surface area contributed by atoms with Gasteiger partial charge in [0.1, 0.15) is 5.75 Å². The normalized spacial score (nSPS) is 12.0. The average Bonchev–Trinajstić information content (AvgIpc) is 2.63. The lowest BCUT2D eigenvalue weighted by Gasteiger charge is -2.25. The lowest BCUT2D eigenvalue weighted by Crippen LogP contribution is -2.34. The van der Waals surface area contributed by atoms with Crippen molar-refractivity contribution in [2.24, 2.45) is 0 Å². The number of methoxy groups -OCH3 is 1. The van der Waals surface area contributed by atoms with E-state index in [1.165, 1.54) is 5.56 Å². The highest BCUT2D eigenvalue weighted by atomic mass is 16.5. The smallest absolute Gasteiger partial charge is 0.220 e. The van der Waals surface area contributed by atoms with Crippen LogP contribution >= 0.6 is 0 Å². The number of carbonyl (C=O) groups excluding carboxylic acids is 1. The monoisotopic (exact) mass is 340 g/mol. The quantitative estimate of drug-likeness (QED) is 0.760. The van der Waals surface area contributed by atoms with E-state index in [9.17, 15) is 4.79 Å². The molecular weight excluding hydrogens is 312 g/mol. The van der Waals surface area contributed by atoms with Gasteiger partial charge in [-0.05, 0) is 50.2 Å². The van der Waals surface area contributed by atoms with Crippen LogP contribution in [0.1, 0.15) is 30.0 Å². The largest absolute Gasteiger partial charge is 0.497 e. The zero-order valence-electron chi connectivity index (χ0n) is 15.4. The molecule has 1 unspecified atom stereocenters. The number of hydrogen-bond donors (Lipinski definition) is 1. The molecule has 0 fully saturated rings. The van der Waals surface area contributed by atoms with Crippen LogP contribution in [0, 0.1) is 0 Å². The molecule has 0 aliphatic rings. The van der Waals surface area contributed by atoms with Crippen molar-refractivity contribution < 1.29 is 9.53 Å². The zero-order valence-corrected chi connectivity index (χ0v) is 15.4. The van der Waals surface area contributed by atoms with Gasteiger partial charge in [-0.1, -0.05) is 42.5 Å². The molecule has 4 nitrogen and oxygen atoms in total. The van der Waals surface area contributed by atoms with E-state index in [1.807, 2.05) is 56.6 Å². The SMILES string of the molecule is COc1ccc(C(CNC(=O)CCCc2ccccc2)N(C)C)cc1. The number of likely N-dealkylation sites (N-methyl/N-ethyl adjacent to an activating group) is 1. The number of carbonyl (C=O) groups is 1. The van der Waals surface area contributed by atoms with E-state index in [0.717, 1.165) is 24.2 Å². The highest BCUT2D eigenvalue weighted by molar-refractivity contribution is 5.75. The maximum atomic E-state index is 12.1.